The van der Waals surface area contributed by atoms with Crippen molar-refractivity contribution in [2.75, 3.05) is 20.1 Å². The van der Waals surface area contributed by atoms with Crippen molar-refractivity contribution >= 4 is 11.9 Å². The summed E-state index contributed by atoms with van der Waals surface area (Å²) in [6.45, 7) is 1.16. The number of hydrogen-bond donors (Lipinski definition) is 2. The molecule has 0 aliphatic carbocycles. The lowest BCUT2D eigenvalue weighted by Gasteiger charge is -2.18. The van der Waals surface area contributed by atoms with Crippen molar-refractivity contribution in [2.24, 2.45) is 0 Å². The number of carboxylic acid groups (broad SMARTS) is 1. The third-order valence-electron chi connectivity index (χ3n) is 2.46. The monoisotopic (exact) mass is 200 g/mol. The Morgan fingerprint density at radius 1 is 1.57 bits per heavy atom. The maximum atomic E-state index is 11.5. The molecule has 0 spiro atoms. The van der Waals surface area contributed by atoms with Crippen LogP contribution in [0.25, 0.3) is 0 Å². The fraction of sp³-hybridized carbons (Fsp3) is 0.778. The Morgan fingerprint density at radius 2 is 2.29 bits per heavy atom. The van der Waals surface area contributed by atoms with Crippen LogP contribution in [-0.4, -0.2) is 48.1 Å². The molecule has 0 bridgehead atoms. The molecule has 0 radical (unpaired) electrons. The molecule has 0 aromatic rings. The molecule has 1 saturated heterocycles. The predicted octanol–water partition coefficient (Wildman–Crippen LogP) is -0.328. The third-order valence-corrected chi connectivity index (χ3v) is 2.46. The minimum Gasteiger partial charge on any atom is -0.481 e. The van der Waals surface area contributed by atoms with Gasteiger partial charge in [0.2, 0.25) is 5.91 Å². The first-order chi connectivity index (χ1) is 6.61. The van der Waals surface area contributed by atoms with Crippen LogP contribution in [0.4, 0.5) is 0 Å². The summed E-state index contributed by atoms with van der Waals surface area (Å²) >= 11 is 0. The van der Waals surface area contributed by atoms with Gasteiger partial charge in [-0.25, -0.2) is 0 Å². The van der Waals surface area contributed by atoms with Crippen LogP contribution < -0.4 is 5.32 Å². The number of nitrogens with one attached hydrogen (secondary N) is 1. The minimum atomic E-state index is -0.884. The van der Waals surface area contributed by atoms with E-state index in [0.29, 0.717) is 0 Å². The molecule has 5 heteroatoms. The number of rotatable bonds is 4. The summed E-state index contributed by atoms with van der Waals surface area (Å²) in [6, 6.07) is -0.0659. The highest BCUT2D eigenvalue weighted by Crippen LogP contribution is 2.14. The first kappa shape index (κ1) is 11.0. The molecule has 1 atom stereocenters. The highest BCUT2D eigenvalue weighted by atomic mass is 16.4. The topological polar surface area (TPSA) is 69.6 Å². The van der Waals surface area contributed by atoms with E-state index in [2.05, 4.69) is 5.32 Å². The molecule has 1 rings (SSSR count). The van der Waals surface area contributed by atoms with Gasteiger partial charge in [0.05, 0.1) is 12.5 Å². The highest BCUT2D eigenvalue weighted by molar-refractivity contribution is 5.82. The second-order valence-electron chi connectivity index (χ2n) is 3.57. The highest BCUT2D eigenvalue weighted by Gasteiger charge is 2.27. The normalized spacial score (nSPS) is 22.2. The summed E-state index contributed by atoms with van der Waals surface area (Å²) in [4.78, 5) is 23.7. The summed E-state index contributed by atoms with van der Waals surface area (Å²) in [5.74, 6) is -0.934. The molecule has 14 heavy (non-hydrogen) atoms. The van der Waals surface area contributed by atoms with Gasteiger partial charge in [-0.2, -0.15) is 0 Å². The second-order valence-corrected chi connectivity index (χ2v) is 3.57. The van der Waals surface area contributed by atoms with Crippen LogP contribution in [-0.2, 0) is 9.59 Å². The SMILES string of the molecule is CN1CCCC1C(=O)NCCC(=O)O. The van der Waals surface area contributed by atoms with Crippen molar-refractivity contribution in [2.45, 2.75) is 25.3 Å². The van der Waals surface area contributed by atoms with Crippen LogP contribution in [0.3, 0.4) is 0 Å². The van der Waals surface area contributed by atoms with Crippen molar-refractivity contribution < 1.29 is 14.7 Å². The lowest BCUT2D eigenvalue weighted by atomic mass is 10.2. The smallest absolute Gasteiger partial charge is 0.305 e. The van der Waals surface area contributed by atoms with E-state index >= 15 is 0 Å². The first-order valence-electron chi connectivity index (χ1n) is 4.81. The van der Waals surface area contributed by atoms with E-state index in [1.807, 2.05) is 11.9 Å². The van der Waals surface area contributed by atoms with Crippen molar-refractivity contribution in [1.82, 2.24) is 10.2 Å². The zero-order valence-electron chi connectivity index (χ0n) is 8.32. The molecule has 0 aromatic carbocycles. The molecule has 1 aliphatic rings. The Balaban J connectivity index is 2.24. The van der Waals surface area contributed by atoms with Crippen molar-refractivity contribution in [3.8, 4) is 0 Å². The van der Waals surface area contributed by atoms with Gasteiger partial charge in [0.1, 0.15) is 0 Å². The minimum absolute atomic E-state index is 0.0117. The Kier molecular flexibility index (Phi) is 3.88. The van der Waals surface area contributed by atoms with Crippen molar-refractivity contribution in [3.63, 3.8) is 0 Å². The van der Waals surface area contributed by atoms with E-state index in [1.54, 1.807) is 0 Å². The van der Waals surface area contributed by atoms with Gasteiger partial charge >= 0.3 is 5.97 Å². The molecule has 1 amide bonds. The number of carboxylic acids is 1. The van der Waals surface area contributed by atoms with Crippen molar-refractivity contribution in [1.29, 1.82) is 0 Å². The van der Waals surface area contributed by atoms with E-state index < -0.39 is 5.97 Å². The molecule has 1 fully saturated rings. The molecular weight excluding hydrogens is 184 g/mol. The Hall–Kier alpha value is -1.10. The number of carbonyl (C=O) groups excluding carboxylic acids is 1. The van der Waals surface area contributed by atoms with Crippen LogP contribution in [0.15, 0.2) is 0 Å². The molecule has 0 aromatic heterocycles. The number of likely N-dealkylation sites (N-methyl/N-ethyl adjacent to an activating group) is 1. The van der Waals surface area contributed by atoms with Gasteiger partial charge in [-0.3, -0.25) is 14.5 Å². The Labute approximate surface area is 83.1 Å². The Bertz CT molecular complexity index is 230. The maximum absolute atomic E-state index is 11.5. The third kappa shape index (κ3) is 2.99. The Morgan fingerprint density at radius 3 is 2.79 bits per heavy atom. The summed E-state index contributed by atoms with van der Waals surface area (Å²) in [5.41, 5.74) is 0. The van der Waals surface area contributed by atoms with E-state index in [1.165, 1.54) is 0 Å². The number of hydrogen-bond acceptors (Lipinski definition) is 3. The van der Waals surface area contributed by atoms with E-state index in [0.717, 1.165) is 19.4 Å². The van der Waals surface area contributed by atoms with Gasteiger partial charge in [0.25, 0.3) is 0 Å². The number of likely N-dealkylation sites (tertiary alicyclic amines) is 1. The van der Waals surface area contributed by atoms with Crippen LogP contribution >= 0.6 is 0 Å². The molecule has 1 unspecified atom stereocenters. The standard InChI is InChI=1S/C9H16N2O3/c1-11-6-2-3-7(11)9(14)10-5-4-8(12)13/h7H,2-6H2,1H3,(H,10,14)(H,12,13). The van der Waals surface area contributed by atoms with Crippen LogP contribution in [0.2, 0.25) is 0 Å². The summed E-state index contributed by atoms with van der Waals surface area (Å²) in [5, 5.41) is 11.0. The zero-order chi connectivity index (χ0) is 10.6. The number of carbonyl (C=O) groups is 2. The van der Waals surface area contributed by atoms with Gasteiger partial charge in [-0.05, 0) is 26.4 Å². The van der Waals surface area contributed by atoms with Gasteiger partial charge in [0.15, 0.2) is 0 Å². The number of nitrogens with zero attached hydrogens (tertiary/aromatic N) is 1. The second kappa shape index (κ2) is 4.95. The van der Waals surface area contributed by atoms with E-state index in [-0.39, 0.29) is 24.9 Å². The maximum Gasteiger partial charge on any atom is 0.305 e. The molecule has 1 aliphatic heterocycles. The average molecular weight is 200 g/mol. The van der Waals surface area contributed by atoms with E-state index in [4.69, 9.17) is 5.11 Å². The molecule has 1 heterocycles. The largest absolute Gasteiger partial charge is 0.481 e. The molecule has 5 nitrogen and oxygen atoms in total. The quantitative estimate of drug-likeness (QED) is 0.652. The van der Waals surface area contributed by atoms with Gasteiger partial charge in [-0.15, -0.1) is 0 Å². The first-order valence-corrected chi connectivity index (χ1v) is 4.81. The number of aliphatic carboxylic acids is 1. The van der Waals surface area contributed by atoms with Crippen molar-refractivity contribution in [3.05, 3.63) is 0 Å². The van der Waals surface area contributed by atoms with Crippen LogP contribution in [0, 0.1) is 0 Å². The fourth-order valence-electron chi connectivity index (χ4n) is 1.65. The zero-order valence-corrected chi connectivity index (χ0v) is 8.32. The van der Waals surface area contributed by atoms with E-state index in [9.17, 15) is 9.59 Å². The molecule has 2 N–H and O–H groups in total. The van der Waals surface area contributed by atoms with Crippen LogP contribution in [0.1, 0.15) is 19.3 Å². The number of amides is 1. The summed E-state index contributed by atoms with van der Waals surface area (Å²) in [6.07, 6.45) is 1.89. The fourth-order valence-corrected chi connectivity index (χ4v) is 1.65. The average Bonchev–Trinajstić information content (AvgIpc) is 2.50. The van der Waals surface area contributed by atoms with Gasteiger partial charge in [-0.1, -0.05) is 0 Å². The summed E-state index contributed by atoms with van der Waals surface area (Å²) in [7, 11) is 1.91. The predicted molar refractivity (Wildman–Crippen MR) is 50.9 cm³/mol. The molecule has 0 saturated carbocycles. The summed E-state index contributed by atoms with van der Waals surface area (Å²) < 4.78 is 0. The lowest BCUT2D eigenvalue weighted by Crippen LogP contribution is -2.42. The van der Waals surface area contributed by atoms with Crippen LogP contribution in [0.5, 0.6) is 0 Å². The lowest BCUT2D eigenvalue weighted by molar-refractivity contribution is -0.137. The molecule has 80 valence electrons. The van der Waals surface area contributed by atoms with Gasteiger partial charge < -0.3 is 10.4 Å². The molecular formula is C9H16N2O3. The van der Waals surface area contributed by atoms with Gasteiger partial charge in [0, 0.05) is 6.54 Å².